The van der Waals surface area contributed by atoms with Crippen LogP contribution >= 0.6 is 0 Å². The van der Waals surface area contributed by atoms with Gasteiger partial charge in [-0.15, -0.1) is 0 Å². The van der Waals surface area contributed by atoms with Crippen LogP contribution in [0.15, 0.2) is 0 Å². The van der Waals surface area contributed by atoms with Gasteiger partial charge in [-0.05, 0) is 51.7 Å². The molecule has 1 N–H and O–H groups in total. The molecular formula is C14H28N2O. The van der Waals surface area contributed by atoms with Crippen molar-refractivity contribution in [3.8, 4) is 0 Å². The Bertz CT molecular complexity index is 208. The molecule has 17 heavy (non-hydrogen) atoms. The highest BCUT2D eigenvalue weighted by Crippen LogP contribution is 2.30. The summed E-state index contributed by atoms with van der Waals surface area (Å²) in [6.07, 6.45) is 6.57. The van der Waals surface area contributed by atoms with E-state index in [9.17, 15) is 0 Å². The van der Waals surface area contributed by atoms with E-state index in [1.165, 1.54) is 51.7 Å². The van der Waals surface area contributed by atoms with Crippen LogP contribution in [0.4, 0.5) is 0 Å². The average molecular weight is 240 g/mol. The Morgan fingerprint density at radius 3 is 2.71 bits per heavy atom. The molecule has 0 aliphatic carbocycles. The molecule has 1 unspecified atom stereocenters. The first kappa shape index (κ1) is 13.3. The Morgan fingerprint density at radius 1 is 1.24 bits per heavy atom. The maximum atomic E-state index is 5.76. The number of ether oxygens (including phenoxy) is 1. The Kier molecular flexibility index (Phi) is 5.26. The Labute approximate surface area is 106 Å². The van der Waals surface area contributed by atoms with Crippen LogP contribution in [0.1, 0.15) is 39.0 Å². The van der Waals surface area contributed by atoms with Crippen molar-refractivity contribution < 1.29 is 4.74 Å². The molecule has 0 aromatic carbocycles. The van der Waals surface area contributed by atoms with Gasteiger partial charge in [0.05, 0.1) is 6.61 Å². The van der Waals surface area contributed by atoms with E-state index in [1.807, 2.05) is 0 Å². The van der Waals surface area contributed by atoms with Gasteiger partial charge in [-0.25, -0.2) is 0 Å². The van der Waals surface area contributed by atoms with Crippen molar-refractivity contribution in [3.05, 3.63) is 0 Å². The largest absolute Gasteiger partial charge is 0.381 e. The highest BCUT2D eigenvalue weighted by molar-refractivity contribution is 4.88. The molecule has 0 amide bonds. The molecule has 2 aliphatic rings. The predicted molar refractivity (Wildman–Crippen MR) is 71.3 cm³/mol. The number of hydrogen-bond acceptors (Lipinski definition) is 3. The van der Waals surface area contributed by atoms with Gasteiger partial charge in [0.2, 0.25) is 0 Å². The van der Waals surface area contributed by atoms with Crippen LogP contribution in [-0.4, -0.2) is 50.8 Å². The molecule has 2 saturated heterocycles. The van der Waals surface area contributed by atoms with Gasteiger partial charge in [0.25, 0.3) is 0 Å². The first-order valence-corrected chi connectivity index (χ1v) is 7.35. The zero-order chi connectivity index (χ0) is 12.0. The van der Waals surface area contributed by atoms with Crippen molar-refractivity contribution in [1.29, 1.82) is 0 Å². The van der Waals surface area contributed by atoms with Gasteiger partial charge in [0, 0.05) is 25.1 Å². The van der Waals surface area contributed by atoms with Crippen molar-refractivity contribution in [2.45, 2.75) is 39.0 Å². The molecule has 3 nitrogen and oxygen atoms in total. The number of hydrogen-bond donors (Lipinski definition) is 1. The minimum atomic E-state index is 0.387. The van der Waals surface area contributed by atoms with Crippen LogP contribution in [0.2, 0.25) is 0 Å². The van der Waals surface area contributed by atoms with Gasteiger partial charge in [-0.2, -0.15) is 0 Å². The standard InChI is InChI=1S/C14H28N2O/c1-2-7-15-11-14(6-5-10-17-13-14)12-16-8-3-4-9-16/h15H,2-13H2,1H3. The third kappa shape index (κ3) is 3.94. The molecule has 0 aromatic rings. The number of nitrogens with one attached hydrogen (secondary N) is 1. The second-order valence-electron chi connectivity index (χ2n) is 5.82. The smallest absolute Gasteiger partial charge is 0.0546 e. The second kappa shape index (κ2) is 6.72. The highest BCUT2D eigenvalue weighted by Gasteiger charge is 2.35. The summed E-state index contributed by atoms with van der Waals surface area (Å²) < 4.78 is 5.76. The topological polar surface area (TPSA) is 24.5 Å². The average Bonchev–Trinajstić information content (AvgIpc) is 2.83. The van der Waals surface area contributed by atoms with E-state index in [1.54, 1.807) is 0 Å². The first-order valence-electron chi connectivity index (χ1n) is 7.35. The van der Waals surface area contributed by atoms with Crippen LogP contribution in [0.3, 0.4) is 0 Å². The van der Waals surface area contributed by atoms with E-state index in [4.69, 9.17) is 4.74 Å². The van der Waals surface area contributed by atoms with Gasteiger partial charge in [-0.3, -0.25) is 0 Å². The van der Waals surface area contributed by atoms with E-state index in [-0.39, 0.29) is 0 Å². The van der Waals surface area contributed by atoms with Crippen molar-refractivity contribution in [1.82, 2.24) is 10.2 Å². The third-order valence-electron chi connectivity index (χ3n) is 4.09. The molecule has 0 saturated carbocycles. The molecule has 2 fully saturated rings. The van der Waals surface area contributed by atoms with E-state index in [2.05, 4.69) is 17.1 Å². The fraction of sp³-hybridized carbons (Fsp3) is 1.00. The lowest BCUT2D eigenvalue weighted by atomic mass is 9.81. The highest BCUT2D eigenvalue weighted by atomic mass is 16.5. The lowest BCUT2D eigenvalue weighted by molar-refractivity contribution is -0.0229. The van der Waals surface area contributed by atoms with Crippen molar-refractivity contribution in [3.63, 3.8) is 0 Å². The Hall–Kier alpha value is -0.120. The summed E-state index contributed by atoms with van der Waals surface area (Å²) in [4.78, 5) is 2.64. The number of nitrogens with zero attached hydrogens (tertiary/aromatic N) is 1. The maximum absolute atomic E-state index is 5.76. The van der Waals surface area contributed by atoms with Crippen LogP contribution in [0.5, 0.6) is 0 Å². The molecule has 0 bridgehead atoms. The summed E-state index contributed by atoms with van der Waals surface area (Å²) in [5, 5.41) is 3.61. The van der Waals surface area contributed by atoms with E-state index >= 15 is 0 Å². The van der Waals surface area contributed by atoms with Crippen molar-refractivity contribution in [2.24, 2.45) is 5.41 Å². The summed E-state index contributed by atoms with van der Waals surface area (Å²) in [6.45, 7) is 10.3. The van der Waals surface area contributed by atoms with Crippen LogP contribution < -0.4 is 5.32 Å². The third-order valence-corrected chi connectivity index (χ3v) is 4.09. The zero-order valence-corrected chi connectivity index (χ0v) is 11.3. The van der Waals surface area contributed by atoms with Gasteiger partial charge >= 0.3 is 0 Å². The fourth-order valence-electron chi connectivity index (χ4n) is 3.18. The fourth-order valence-corrected chi connectivity index (χ4v) is 3.18. The van der Waals surface area contributed by atoms with E-state index in [0.29, 0.717) is 5.41 Å². The number of rotatable bonds is 6. The zero-order valence-electron chi connectivity index (χ0n) is 11.3. The summed E-state index contributed by atoms with van der Waals surface area (Å²) in [5.41, 5.74) is 0.387. The molecule has 100 valence electrons. The molecule has 3 heteroatoms. The molecule has 2 heterocycles. The molecule has 0 spiro atoms. The van der Waals surface area contributed by atoms with E-state index < -0.39 is 0 Å². The maximum Gasteiger partial charge on any atom is 0.0546 e. The summed E-state index contributed by atoms with van der Waals surface area (Å²) in [7, 11) is 0. The molecule has 2 aliphatic heterocycles. The Morgan fingerprint density at radius 2 is 2.06 bits per heavy atom. The quantitative estimate of drug-likeness (QED) is 0.717. The van der Waals surface area contributed by atoms with Gasteiger partial charge < -0.3 is 15.0 Å². The normalized spacial score (nSPS) is 30.9. The minimum absolute atomic E-state index is 0.387. The molecule has 0 radical (unpaired) electrons. The SMILES string of the molecule is CCCNCC1(CN2CCCC2)CCCOC1. The van der Waals surface area contributed by atoms with E-state index in [0.717, 1.165) is 26.3 Å². The van der Waals surface area contributed by atoms with Crippen molar-refractivity contribution >= 4 is 0 Å². The molecule has 1 atom stereocenters. The summed E-state index contributed by atoms with van der Waals surface area (Å²) >= 11 is 0. The lowest BCUT2D eigenvalue weighted by Gasteiger charge is -2.40. The van der Waals surface area contributed by atoms with Gasteiger partial charge in [-0.1, -0.05) is 6.92 Å². The van der Waals surface area contributed by atoms with Crippen molar-refractivity contribution in [2.75, 3.05) is 45.9 Å². The molecular weight excluding hydrogens is 212 g/mol. The Balaban J connectivity index is 1.85. The van der Waals surface area contributed by atoms with Gasteiger partial charge in [0.1, 0.15) is 0 Å². The summed E-state index contributed by atoms with van der Waals surface area (Å²) in [5.74, 6) is 0. The number of likely N-dealkylation sites (tertiary alicyclic amines) is 1. The lowest BCUT2D eigenvalue weighted by Crippen LogP contribution is -2.48. The van der Waals surface area contributed by atoms with Crippen LogP contribution in [0, 0.1) is 5.41 Å². The molecule has 2 rings (SSSR count). The minimum Gasteiger partial charge on any atom is -0.381 e. The summed E-state index contributed by atoms with van der Waals surface area (Å²) in [6, 6.07) is 0. The van der Waals surface area contributed by atoms with Crippen LogP contribution in [-0.2, 0) is 4.74 Å². The molecule has 0 aromatic heterocycles. The predicted octanol–water partition coefficient (Wildman–Crippen LogP) is 1.88. The van der Waals surface area contributed by atoms with Crippen LogP contribution in [0.25, 0.3) is 0 Å². The second-order valence-corrected chi connectivity index (χ2v) is 5.82. The monoisotopic (exact) mass is 240 g/mol. The first-order chi connectivity index (χ1) is 8.35. The van der Waals surface area contributed by atoms with Gasteiger partial charge in [0.15, 0.2) is 0 Å².